The Bertz CT molecular complexity index is 2370. The van der Waals surface area contributed by atoms with E-state index in [9.17, 15) is 20.1 Å². The number of fused-ring (bicyclic) bond motifs is 2. The summed E-state index contributed by atoms with van der Waals surface area (Å²) < 4.78 is 3.36. The first-order valence-corrected chi connectivity index (χ1v) is 19.8. The zero-order valence-electron chi connectivity index (χ0n) is 31.8. The van der Waals surface area contributed by atoms with E-state index < -0.39 is 6.04 Å². The quantitative estimate of drug-likeness (QED) is 0.199. The van der Waals surface area contributed by atoms with E-state index in [1.807, 2.05) is 24.4 Å². The third-order valence-corrected chi connectivity index (χ3v) is 12.2. The summed E-state index contributed by atoms with van der Waals surface area (Å²) in [6, 6.07) is 15.3. The second kappa shape index (κ2) is 15.3. The van der Waals surface area contributed by atoms with E-state index in [-0.39, 0.29) is 11.9 Å². The number of benzene rings is 1. The highest BCUT2D eigenvalue weighted by atomic mass is 16.2. The number of carbonyl (C=O) groups excluding carboxylic acids is 2. The van der Waals surface area contributed by atoms with Crippen molar-refractivity contribution in [2.24, 2.45) is 17.8 Å². The predicted octanol–water partition coefficient (Wildman–Crippen LogP) is 4.77. The van der Waals surface area contributed by atoms with Gasteiger partial charge >= 0.3 is 6.03 Å². The molecule has 4 aliphatic rings. The first kappa shape index (κ1) is 36.3. The minimum absolute atomic E-state index is 0.218. The van der Waals surface area contributed by atoms with Crippen LogP contribution in [0.1, 0.15) is 62.6 Å². The molecule has 1 aliphatic carbocycles. The van der Waals surface area contributed by atoms with Gasteiger partial charge in [-0.05, 0) is 93.7 Å². The number of nitrogens with zero attached hydrogens (tertiary/aromatic N) is 12. The number of nitrogens with one attached hydrogen (secondary N) is 2. The van der Waals surface area contributed by atoms with Crippen molar-refractivity contribution < 1.29 is 9.59 Å². The maximum atomic E-state index is 12.2. The van der Waals surface area contributed by atoms with Crippen molar-refractivity contribution in [3.05, 3.63) is 72.4 Å². The van der Waals surface area contributed by atoms with Crippen LogP contribution in [0.15, 0.2) is 61.2 Å². The summed E-state index contributed by atoms with van der Waals surface area (Å²) in [5, 5.41) is 38.8. The van der Waals surface area contributed by atoms with E-state index in [4.69, 9.17) is 0 Å². The lowest BCUT2D eigenvalue weighted by atomic mass is 9.79. The van der Waals surface area contributed by atoms with Gasteiger partial charge in [-0.1, -0.05) is 5.21 Å². The highest BCUT2D eigenvalue weighted by Crippen LogP contribution is 2.39. The third kappa shape index (κ3) is 7.36. The van der Waals surface area contributed by atoms with Crippen LogP contribution in [0.3, 0.4) is 0 Å². The van der Waals surface area contributed by atoms with Crippen LogP contribution in [-0.4, -0.2) is 96.9 Å². The van der Waals surface area contributed by atoms with E-state index in [2.05, 4.69) is 70.1 Å². The van der Waals surface area contributed by atoms with Crippen molar-refractivity contribution in [2.75, 3.05) is 54.4 Å². The van der Waals surface area contributed by atoms with Crippen LogP contribution < -0.4 is 20.4 Å². The Morgan fingerprint density at radius 2 is 1.72 bits per heavy atom. The molecule has 0 bridgehead atoms. The number of likely N-dealkylation sites (tertiary alicyclic amines) is 1. The number of rotatable bonds is 10. The molecule has 3 saturated heterocycles. The van der Waals surface area contributed by atoms with Crippen molar-refractivity contribution >= 4 is 40.0 Å². The maximum absolute atomic E-state index is 12.2. The molecule has 0 unspecified atom stereocenters. The number of carbonyl (C=O) groups is 2. The Morgan fingerprint density at radius 1 is 0.947 bits per heavy atom. The molecule has 2 N–H and O–H groups in total. The van der Waals surface area contributed by atoms with Crippen molar-refractivity contribution in [3.8, 4) is 23.6 Å². The van der Waals surface area contributed by atoms with E-state index in [1.165, 1.54) is 31.1 Å². The van der Waals surface area contributed by atoms with Crippen LogP contribution in [0, 0.1) is 40.4 Å². The van der Waals surface area contributed by atoms with Crippen molar-refractivity contribution in [1.82, 2.24) is 45.0 Å². The highest BCUT2D eigenvalue weighted by molar-refractivity contribution is 6.05. The summed E-state index contributed by atoms with van der Waals surface area (Å²) in [7, 11) is 0. The van der Waals surface area contributed by atoms with E-state index in [0.29, 0.717) is 65.0 Å². The first-order valence-electron chi connectivity index (χ1n) is 19.8. The van der Waals surface area contributed by atoms with Crippen LogP contribution >= 0.6 is 0 Å². The molecule has 1 saturated carbocycles. The number of nitriles is 2. The second-order valence-electron chi connectivity index (χ2n) is 15.9. The average molecular weight is 765 g/mol. The molecule has 3 aliphatic heterocycles. The lowest BCUT2D eigenvalue weighted by Gasteiger charge is -2.29. The Kier molecular flexibility index (Phi) is 9.72. The molecule has 4 fully saturated rings. The molecule has 3 amide bonds. The van der Waals surface area contributed by atoms with Gasteiger partial charge in [-0.15, -0.1) is 5.10 Å². The zero-order chi connectivity index (χ0) is 39.0. The molecule has 0 radical (unpaired) electrons. The van der Waals surface area contributed by atoms with Gasteiger partial charge in [0.25, 0.3) is 0 Å². The van der Waals surface area contributed by atoms with Crippen molar-refractivity contribution in [1.29, 1.82) is 10.5 Å². The number of anilines is 3. The molecular weight excluding hydrogens is 721 g/mol. The smallest absolute Gasteiger partial charge is 0.328 e. The summed E-state index contributed by atoms with van der Waals surface area (Å²) in [6.07, 6.45) is 13.0. The largest absolute Gasteiger partial charge is 0.371 e. The lowest BCUT2D eigenvalue weighted by molar-refractivity contribution is -0.120. The van der Waals surface area contributed by atoms with Gasteiger partial charge in [-0.2, -0.15) is 20.3 Å². The van der Waals surface area contributed by atoms with Gasteiger partial charge in [0.05, 0.1) is 41.6 Å². The number of imide groups is 1. The van der Waals surface area contributed by atoms with E-state index in [0.717, 1.165) is 62.3 Å². The fourth-order valence-electron chi connectivity index (χ4n) is 9.10. The van der Waals surface area contributed by atoms with Gasteiger partial charge in [0.15, 0.2) is 11.5 Å². The number of pyridine rings is 2. The van der Waals surface area contributed by atoms with Gasteiger partial charge in [-0.3, -0.25) is 15.0 Å². The molecule has 9 rings (SSSR count). The monoisotopic (exact) mass is 764 g/mol. The summed E-state index contributed by atoms with van der Waals surface area (Å²) in [6.45, 7) is 7.78. The third-order valence-electron chi connectivity index (χ3n) is 12.2. The number of hydrogen-bond donors (Lipinski definition) is 2. The fraction of sp³-hybridized carbons (Fsp3) is 0.439. The van der Waals surface area contributed by atoms with Gasteiger partial charge in [0.2, 0.25) is 5.91 Å². The van der Waals surface area contributed by atoms with Crippen molar-refractivity contribution in [3.63, 3.8) is 0 Å². The standard InChI is InChI=1S/C41H44N14O2/c1-26(16-42)47-35-15-38(55-40-30(19-46-55)14-28(17-43)18-45-40)44-20-37(35)54-25-36(49-50-54)29-4-2-27(3-5-29)10-12-51-21-31-23-52(24-32(31)22-51)33-6-8-34(9-7-33)53-13-11-39(56)48-41(53)57/h6-9,14-15,18-20,25-27,29,31-32H,2-5,10-13,21-24H2,1H3,(H,44,47)(H,48,56,57)/t26-,27?,29?,31-,32+/m1/s1. The number of urea groups is 1. The topological polar surface area (TPSA) is 190 Å². The van der Waals surface area contributed by atoms with Crippen LogP contribution in [0.4, 0.5) is 21.9 Å². The summed E-state index contributed by atoms with van der Waals surface area (Å²) in [4.78, 5) is 39.7. The maximum Gasteiger partial charge on any atom is 0.328 e. The molecule has 4 aromatic heterocycles. The van der Waals surface area contributed by atoms with Gasteiger partial charge in [0, 0.05) is 74.1 Å². The van der Waals surface area contributed by atoms with E-state index >= 15 is 0 Å². The summed E-state index contributed by atoms with van der Waals surface area (Å²) >= 11 is 0. The van der Waals surface area contributed by atoms with Gasteiger partial charge in [0.1, 0.15) is 17.8 Å². The molecule has 7 heterocycles. The molecule has 290 valence electrons. The molecule has 16 nitrogen and oxygen atoms in total. The molecular formula is C41H44N14O2. The molecule has 16 heteroatoms. The number of amides is 3. The minimum Gasteiger partial charge on any atom is -0.371 e. The van der Waals surface area contributed by atoms with Crippen LogP contribution in [-0.2, 0) is 4.79 Å². The summed E-state index contributed by atoms with van der Waals surface area (Å²) in [5.41, 5.74) is 5.38. The van der Waals surface area contributed by atoms with Crippen molar-refractivity contribution in [2.45, 2.75) is 57.4 Å². The number of aromatic nitrogens is 7. The molecule has 0 spiro atoms. The lowest BCUT2D eigenvalue weighted by Crippen LogP contribution is -2.49. The molecule has 5 aromatic rings. The normalized spacial score (nSPS) is 22.9. The van der Waals surface area contributed by atoms with E-state index in [1.54, 1.807) is 39.6 Å². The Labute approximate surface area is 330 Å². The van der Waals surface area contributed by atoms with Crippen LogP contribution in [0.5, 0.6) is 0 Å². The molecule has 57 heavy (non-hydrogen) atoms. The average Bonchev–Trinajstić information content (AvgIpc) is 4.04. The Balaban J connectivity index is 0.769. The minimum atomic E-state index is -0.463. The van der Waals surface area contributed by atoms with Gasteiger partial charge < -0.3 is 15.1 Å². The summed E-state index contributed by atoms with van der Waals surface area (Å²) in [5.74, 6) is 2.71. The highest BCUT2D eigenvalue weighted by Gasteiger charge is 2.40. The van der Waals surface area contributed by atoms with Crippen LogP contribution in [0.25, 0.3) is 22.5 Å². The Hall–Kier alpha value is -6.39. The fourth-order valence-corrected chi connectivity index (χ4v) is 9.10. The van der Waals surface area contributed by atoms with Crippen LogP contribution in [0.2, 0.25) is 0 Å². The molecule has 1 aromatic carbocycles. The zero-order valence-corrected chi connectivity index (χ0v) is 31.8. The second-order valence-corrected chi connectivity index (χ2v) is 15.9. The van der Waals surface area contributed by atoms with Gasteiger partial charge in [-0.25, -0.2) is 19.4 Å². The molecule has 3 atom stereocenters. The first-order chi connectivity index (χ1) is 27.8. The SMILES string of the molecule is C[C@H](C#N)Nc1cc(-n2ncc3cc(C#N)cnc32)ncc1-n1cc(C2CCC(CCN3C[C@@H]4CN(c5ccc(N6CCC(=O)NC6=O)cc5)C[C@@H]4C3)CC2)nn1. The number of hydrogen-bond acceptors (Lipinski definition) is 12. The Morgan fingerprint density at radius 3 is 2.46 bits per heavy atom. The predicted molar refractivity (Wildman–Crippen MR) is 212 cm³/mol.